The van der Waals surface area contributed by atoms with Crippen LogP contribution in [-0.2, 0) is 0 Å². The molecule has 0 bridgehead atoms. The Morgan fingerprint density at radius 1 is 1.38 bits per heavy atom. The first-order chi connectivity index (χ1) is 6.16. The minimum absolute atomic E-state index is 0.203. The van der Waals surface area contributed by atoms with Crippen LogP contribution in [0.4, 0.5) is 0 Å². The molecule has 2 aromatic heterocycles. The van der Waals surface area contributed by atoms with Crippen molar-refractivity contribution in [2.75, 3.05) is 0 Å². The van der Waals surface area contributed by atoms with E-state index < -0.39 is 0 Å². The molecule has 0 fully saturated rings. The third-order valence-corrected chi connectivity index (χ3v) is 2.31. The van der Waals surface area contributed by atoms with Crippen molar-refractivity contribution in [2.24, 2.45) is 0 Å². The molecule has 0 saturated heterocycles. The van der Waals surface area contributed by atoms with Crippen LogP contribution in [0.1, 0.15) is 0 Å². The van der Waals surface area contributed by atoms with Gasteiger partial charge in [-0.1, -0.05) is 0 Å². The minimum atomic E-state index is -0.203. The predicted molar refractivity (Wildman–Crippen MR) is 55.6 cm³/mol. The van der Waals surface area contributed by atoms with Gasteiger partial charge in [0.25, 0.3) is 5.56 Å². The van der Waals surface area contributed by atoms with Crippen molar-refractivity contribution < 1.29 is 0 Å². The second kappa shape index (κ2) is 3.19. The maximum absolute atomic E-state index is 11.4. The van der Waals surface area contributed by atoms with Gasteiger partial charge >= 0.3 is 0 Å². The van der Waals surface area contributed by atoms with Gasteiger partial charge in [0, 0.05) is 10.7 Å². The van der Waals surface area contributed by atoms with Crippen LogP contribution < -0.4 is 5.56 Å². The van der Waals surface area contributed by atoms with Crippen LogP contribution in [0.5, 0.6) is 0 Å². The third-order valence-electron chi connectivity index (χ3n) is 1.50. The Morgan fingerprint density at radius 3 is 2.92 bits per heavy atom. The van der Waals surface area contributed by atoms with Crippen molar-refractivity contribution in [3.63, 3.8) is 0 Å². The van der Waals surface area contributed by atoms with E-state index in [9.17, 15) is 4.79 Å². The maximum atomic E-state index is 11.4. The van der Waals surface area contributed by atoms with Crippen LogP contribution in [-0.4, -0.2) is 15.0 Å². The fourth-order valence-corrected chi connectivity index (χ4v) is 1.65. The summed E-state index contributed by atoms with van der Waals surface area (Å²) >= 11 is 6.31. The Bertz CT molecular complexity index is 523. The van der Waals surface area contributed by atoms with Crippen LogP contribution in [0.2, 0.25) is 0 Å². The van der Waals surface area contributed by atoms with Crippen molar-refractivity contribution in [2.45, 2.75) is 0 Å². The zero-order valence-electron chi connectivity index (χ0n) is 6.21. The molecule has 0 amide bonds. The van der Waals surface area contributed by atoms with Gasteiger partial charge in [0.2, 0.25) is 0 Å². The molecule has 66 valence electrons. The fourth-order valence-electron chi connectivity index (χ4n) is 0.970. The van der Waals surface area contributed by atoms with E-state index in [1.54, 1.807) is 12.3 Å². The third kappa shape index (κ3) is 1.64. The van der Waals surface area contributed by atoms with E-state index in [0.717, 1.165) is 4.47 Å². The standard InChI is InChI=1S/C7H3Br2N3O/c8-3-1-4-5(10-2-3)11-7(9)12-6(4)13/h1-2H,(H,10,11,12,13). The first-order valence-corrected chi connectivity index (χ1v) is 4.96. The number of fused-ring (bicyclic) bond motifs is 1. The van der Waals surface area contributed by atoms with Gasteiger partial charge in [-0.15, -0.1) is 0 Å². The van der Waals surface area contributed by atoms with E-state index in [1.165, 1.54) is 0 Å². The lowest BCUT2D eigenvalue weighted by molar-refractivity contribution is 1.09. The van der Waals surface area contributed by atoms with Gasteiger partial charge in [-0.25, -0.2) is 9.97 Å². The van der Waals surface area contributed by atoms with E-state index in [-0.39, 0.29) is 5.56 Å². The second-order valence-corrected chi connectivity index (χ2v) is 4.05. The lowest BCUT2D eigenvalue weighted by Gasteiger charge is -1.96. The van der Waals surface area contributed by atoms with Crippen molar-refractivity contribution >= 4 is 42.9 Å². The van der Waals surface area contributed by atoms with Crippen LogP contribution in [0.3, 0.4) is 0 Å². The molecule has 1 N–H and O–H groups in total. The van der Waals surface area contributed by atoms with E-state index >= 15 is 0 Å². The van der Waals surface area contributed by atoms with Crippen LogP contribution in [0, 0.1) is 0 Å². The molecule has 0 aliphatic heterocycles. The number of nitrogens with zero attached hydrogens (tertiary/aromatic N) is 2. The number of halogens is 2. The highest BCUT2D eigenvalue weighted by Crippen LogP contribution is 2.13. The Hall–Kier alpha value is -0.750. The van der Waals surface area contributed by atoms with Gasteiger partial charge in [0.05, 0.1) is 5.39 Å². The van der Waals surface area contributed by atoms with Gasteiger partial charge in [-0.05, 0) is 37.9 Å². The summed E-state index contributed by atoms with van der Waals surface area (Å²) < 4.78 is 1.15. The zero-order chi connectivity index (χ0) is 9.42. The quantitative estimate of drug-likeness (QED) is 0.756. The summed E-state index contributed by atoms with van der Waals surface area (Å²) in [4.78, 5) is 21.9. The monoisotopic (exact) mass is 303 g/mol. The average Bonchev–Trinajstić information content (AvgIpc) is 2.06. The number of aromatic nitrogens is 3. The minimum Gasteiger partial charge on any atom is -0.300 e. The molecule has 13 heavy (non-hydrogen) atoms. The summed E-state index contributed by atoms with van der Waals surface area (Å²) in [6, 6.07) is 1.68. The molecule has 2 aromatic rings. The summed E-state index contributed by atoms with van der Waals surface area (Å²) in [5, 5.41) is 0.470. The molecule has 0 aromatic carbocycles. The highest BCUT2D eigenvalue weighted by Gasteiger charge is 2.02. The molecular formula is C7H3Br2N3O. The molecule has 0 unspecified atom stereocenters. The number of pyridine rings is 1. The molecule has 0 aliphatic rings. The molecule has 0 radical (unpaired) electrons. The molecule has 2 rings (SSSR count). The summed E-state index contributed by atoms with van der Waals surface area (Å²) in [6.07, 6.45) is 1.60. The van der Waals surface area contributed by atoms with Gasteiger partial charge in [0.15, 0.2) is 10.4 Å². The Balaban J connectivity index is 2.95. The van der Waals surface area contributed by atoms with Crippen molar-refractivity contribution in [3.05, 3.63) is 31.8 Å². The first-order valence-electron chi connectivity index (χ1n) is 3.38. The smallest absolute Gasteiger partial charge is 0.261 e. The normalized spacial score (nSPS) is 10.6. The molecule has 0 atom stereocenters. The Labute approximate surface area is 89.7 Å². The number of hydrogen-bond donors (Lipinski definition) is 1. The molecular weight excluding hydrogens is 302 g/mol. The topological polar surface area (TPSA) is 58.6 Å². The van der Waals surface area contributed by atoms with Crippen molar-refractivity contribution in [1.82, 2.24) is 15.0 Å². The molecule has 0 spiro atoms. The SMILES string of the molecule is O=c1[nH]c(Br)nc2ncc(Br)cc12. The molecule has 6 heteroatoms. The van der Waals surface area contributed by atoms with E-state index in [0.29, 0.717) is 15.8 Å². The highest BCUT2D eigenvalue weighted by atomic mass is 79.9. The molecule has 0 saturated carbocycles. The van der Waals surface area contributed by atoms with E-state index in [1.807, 2.05) is 0 Å². The van der Waals surface area contributed by atoms with Gasteiger partial charge in [-0.3, -0.25) is 4.79 Å². The number of hydrogen-bond acceptors (Lipinski definition) is 3. The lowest BCUT2D eigenvalue weighted by atomic mass is 10.3. The Morgan fingerprint density at radius 2 is 2.15 bits per heavy atom. The highest BCUT2D eigenvalue weighted by molar-refractivity contribution is 9.10. The number of H-pyrrole nitrogens is 1. The van der Waals surface area contributed by atoms with Crippen LogP contribution >= 0.6 is 31.9 Å². The first kappa shape index (κ1) is 8.83. The summed E-state index contributed by atoms with van der Waals surface area (Å²) in [5.41, 5.74) is 0.226. The largest absolute Gasteiger partial charge is 0.300 e. The maximum Gasteiger partial charge on any atom is 0.261 e. The second-order valence-electron chi connectivity index (χ2n) is 2.38. The Kier molecular flexibility index (Phi) is 2.17. The number of nitrogens with one attached hydrogen (secondary N) is 1. The fraction of sp³-hybridized carbons (Fsp3) is 0. The van der Waals surface area contributed by atoms with Crippen molar-refractivity contribution in [3.8, 4) is 0 Å². The molecule has 0 aliphatic carbocycles. The summed E-state index contributed by atoms with van der Waals surface area (Å²) in [7, 11) is 0. The molecule has 4 nitrogen and oxygen atoms in total. The predicted octanol–water partition coefficient (Wildman–Crippen LogP) is 1.84. The average molecular weight is 305 g/mol. The van der Waals surface area contributed by atoms with Crippen molar-refractivity contribution in [1.29, 1.82) is 0 Å². The lowest BCUT2D eigenvalue weighted by Crippen LogP contribution is -2.08. The van der Waals surface area contributed by atoms with Crippen LogP contribution in [0.25, 0.3) is 11.0 Å². The van der Waals surface area contributed by atoms with E-state index in [2.05, 4.69) is 46.8 Å². The number of rotatable bonds is 0. The van der Waals surface area contributed by atoms with E-state index in [4.69, 9.17) is 0 Å². The zero-order valence-corrected chi connectivity index (χ0v) is 9.39. The van der Waals surface area contributed by atoms with Gasteiger partial charge in [0.1, 0.15) is 0 Å². The summed E-state index contributed by atoms with van der Waals surface area (Å²) in [5.74, 6) is 0. The molecule has 2 heterocycles. The number of aromatic amines is 1. The van der Waals surface area contributed by atoms with Crippen LogP contribution in [0.15, 0.2) is 26.3 Å². The van der Waals surface area contributed by atoms with Gasteiger partial charge in [-0.2, -0.15) is 0 Å². The van der Waals surface area contributed by atoms with Gasteiger partial charge < -0.3 is 4.98 Å². The summed E-state index contributed by atoms with van der Waals surface area (Å²) in [6.45, 7) is 0.